The molecule has 1 aliphatic heterocycles. The van der Waals surface area contributed by atoms with Gasteiger partial charge in [0.05, 0.1) is 6.61 Å². The Hall–Kier alpha value is -1.83. The van der Waals surface area contributed by atoms with Crippen molar-refractivity contribution in [3.05, 3.63) is 0 Å². The molecule has 0 atom stereocenters. The van der Waals surface area contributed by atoms with Crippen LogP contribution in [0.4, 0.5) is 4.79 Å². The summed E-state index contributed by atoms with van der Waals surface area (Å²) in [4.78, 5) is 32.5. The van der Waals surface area contributed by atoms with Gasteiger partial charge in [0.25, 0.3) is 0 Å². The van der Waals surface area contributed by atoms with E-state index in [1.54, 1.807) is 0 Å². The molecule has 1 amide bonds. The van der Waals surface area contributed by atoms with Crippen LogP contribution in [0, 0.1) is 5.41 Å². The second-order valence-electron chi connectivity index (χ2n) is 8.75. The summed E-state index contributed by atoms with van der Waals surface area (Å²) < 4.78 is 5.31. The lowest BCUT2D eigenvalue weighted by atomic mass is 9.82. The molecule has 27 heavy (non-hydrogen) atoms. The zero-order valence-corrected chi connectivity index (χ0v) is 17.3. The van der Waals surface area contributed by atoms with Gasteiger partial charge in [0, 0.05) is 12.1 Å². The Bertz CT molecular complexity index is 467. The molecule has 0 spiro atoms. The molecule has 0 aromatic rings. The number of rotatable bonds is 6. The molecular weight excluding hydrogens is 352 g/mol. The number of ether oxygens (including phenoxy) is 1. The number of alkyl carbamates (subject to hydrolysis) is 1. The zero-order valence-electron chi connectivity index (χ0n) is 17.3. The molecule has 0 aliphatic carbocycles. The van der Waals surface area contributed by atoms with Crippen LogP contribution < -0.4 is 5.32 Å². The summed E-state index contributed by atoms with van der Waals surface area (Å²) in [7, 11) is 0. The Labute approximate surface area is 162 Å². The quantitative estimate of drug-likeness (QED) is 0.473. The van der Waals surface area contributed by atoms with Crippen LogP contribution in [0.1, 0.15) is 66.7 Å². The number of carboxylic acid groups (broad SMARTS) is 2. The van der Waals surface area contributed by atoms with E-state index in [1.165, 1.54) is 32.4 Å². The third-order valence-electron chi connectivity index (χ3n) is 3.90. The fourth-order valence-corrected chi connectivity index (χ4v) is 3.32. The van der Waals surface area contributed by atoms with Crippen LogP contribution in [0.3, 0.4) is 0 Å². The minimum Gasteiger partial charge on any atom is -0.473 e. The number of likely N-dealkylation sites (tertiary alicyclic amines) is 1. The molecule has 1 fully saturated rings. The molecule has 0 bridgehead atoms. The van der Waals surface area contributed by atoms with E-state index in [2.05, 4.69) is 31.0 Å². The van der Waals surface area contributed by atoms with Crippen LogP contribution in [0.2, 0.25) is 0 Å². The van der Waals surface area contributed by atoms with Gasteiger partial charge in [-0.3, -0.25) is 0 Å². The van der Waals surface area contributed by atoms with Crippen molar-refractivity contribution in [2.24, 2.45) is 5.41 Å². The van der Waals surface area contributed by atoms with E-state index in [4.69, 9.17) is 24.5 Å². The fraction of sp³-hybridized carbons (Fsp3) is 0.842. The summed E-state index contributed by atoms with van der Waals surface area (Å²) in [5, 5.41) is 17.8. The lowest BCUT2D eigenvalue weighted by Gasteiger charge is -2.32. The van der Waals surface area contributed by atoms with Crippen molar-refractivity contribution < 1.29 is 29.3 Å². The van der Waals surface area contributed by atoms with E-state index in [-0.39, 0.29) is 17.0 Å². The Morgan fingerprint density at radius 1 is 0.963 bits per heavy atom. The van der Waals surface area contributed by atoms with Crippen molar-refractivity contribution in [3.8, 4) is 0 Å². The topological polar surface area (TPSA) is 116 Å². The van der Waals surface area contributed by atoms with E-state index >= 15 is 0 Å². The number of carbonyl (C=O) groups excluding carboxylic acids is 1. The number of carboxylic acids is 2. The van der Waals surface area contributed by atoms with E-state index in [0.29, 0.717) is 6.61 Å². The number of nitrogens with zero attached hydrogens (tertiary/aromatic N) is 1. The predicted molar refractivity (Wildman–Crippen MR) is 103 cm³/mol. The normalized spacial score (nSPS) is 15.3. The van der Waals surface area contributed by atoms with Gasteiger partial charge in [0.15, 0.2) is 0 Å². The van der Waals surface area contributed by atoms with E-state index < -0.39 is 11.9 Å². The average Bonchev–Trinajstić information content (AvgIpc) is 2.50. The first-order valence-electron chi connectivity index (χ1n) is 9.46. The highest BCUT2D eigenvalue weighted by Crippen LogP contribution is 2.26. The molecule has 3 N–H and O–H groups in total. The van der Waals surface area contributed by atoms with Gasteiger partial charge < -0.3 is 25.2 Å². The molecule has 0 radical (unpaired) electrons. The van der Waals surface area contributed by atoms with E-state index in [9.17, 15) is 4.79 Å². The highest BCUT2D eigenvalue weighted by atomic mass is 16.5. The van der Waals surface area contributed by atoms with Gasteiger partial charge in [-0.05, 0) is 58.0 Å². The number of hydrogen-bond acceptors (Lipinski definition) is 5. The van der Waals surface area contributed by atoms with Gasteiger partial charge in [-0.2, -0.15) is 0 Å². The maximum Gasteiger partial charge on any atom is 0.414 e. The predicted octanol–water partition coefficient (Wildman–Crippen LogP) is 2.96. The third kappa shape index (κ3) is 15.0. The maximum atomic E-state index is 11.8. The zero-order chi connectivity index (χ0) is 21.1. The molecule has 1 heterocycles. The van der Waals surface area contributed by atoms with Crippen molar-refractivity contribution in [2.75, 3.05) is 26.2 Å². The smallest absolute Gasteiger partial charge is 0.414 e. The number of hydrogen-bond donors (Lipinski definition) is 3. The summed E-state index contributed by atoms with van der Waals surface area (Å²) in [6.45, 7) is 14.6. The summed E-state index contributed by atoms with van der Waals surface area (Å²) >= 11 is 0. The summed E-state index contributed by atoms with van der Waals surface area (Å²) in [6, 6.07) is 0. The molecule has 0 saturated carbocycles. The lowest BCUT2D eigenvalue weighted by Crippen LogP contribution is -2.46. The average molecular weight is 389 g/mol. The number of nitrogens with one attached hydrogen (secondary N) is 1. The van der Waals surface area contributed by atoms with Gasteiger partial charge in [-0.1, -0.05) is 27.2 Å². The molecule has 8 nitrogen and oxygen atoms in total. The van der Waals surface area contributed by atoms with Crippen molar-refractivity contribution in [2.45, 2.75) is 72.3 Å². The van der Waals surface area contributed by atoms with Crippen molar-refractivity contribution in [3.63, 3.8) is 0 Å². The molecule has 1 saturated heterocycles. The van der Waals surface area contributed by atoms with Gasteiger partial charge in [0.1, 0.15) is 0 Å². The molecule has 0 aromatic carbocycles. The molecule has 158 valence electrons. The standard InChI is InChI=1S/C17H34N2O2.C2H2O4/c1-16(2,3)14-17(4,5)18-15(20)21-13-9-12-19-10-7-6-8-11-19;3-1(4)2(5)6/h6-14H2,1-5H3,(H,18,20);(H,3,4)(H,5,6). The highest BCUT2D eigenvalue weighted by molar-refractivity contribution is 6.27. The first-order chi connectivity index (χ1) is 12.3. The molecule has 1 rings (SSSR count). The van der Waals surface area contributed by atoms with Crippen LogP contribution in [0.15, 0.2) is 0 Å². The molecular formula is C19H36N2O6. The second-order valence-corrected chi connectivity index (χ2v) is 8.75. The first kappa shape index (κ1) is 25.2. The first-order valence-corrected chi connectivity index (χ1v) is 9.46. The summed E-state index contributed by atoms with van der Waals surface area (Å²) in [5.74, 6) is -3.65. The monoisotopic (exact) mass is 388 g/mol. The minimum absolute atomic E-state index is 0.186. The second kappa shape index (κ2) is 11.8. The number of piperidine rings is 1. The van der Waals surface area contributed by atoms with Crippen molar-refractivity contribution in [1.29, 1.82) is 0 Å². The van der Waals surface area contributed by atoms with E-state index in [1.807, 2.05) is 13.8 Å². The lowest BCUT2D eigenvalue weighted by molar-refractivity contribution is -0.159. The Kier molecular flexibility index (Phi) is 11.0. The van der Waals surface area contributed by atoms with Gasteiger partial charge in [0.2, 0.25) is 0 Å². The summed E-state index contributed by atoms with van der Waals surface area (Å²) in [5.41, 5.74) is -0.0484. The minimum atomic E-state index is -1.82. The van der Waals surface area contributed by atoms with Gasteiger partial charge in [-0.25, -0.2) is 14.4 Å². The molecule has 0 aromatic heterocycles. The summed E-state index contributed by atoms with van der Waals surface area (Å²) in [6.07, 6.45) is 5.53. The largest absolute Gasteiger partial charge is 0.473 e. The number of carbonyl (C=O) groups is 3. The van der Waals surface area contributed by atoms with Crippen LogP contribution >= 0.6 is 0 Å². The molecule has 0 unspecified atom stereocenters. The molecule has 1 aliphatic rings. The Morgan fingerprint density at radius 2 is 1.48 bits per heavy atom. The fourth-order valence-electron chi connectivity index (χ4n) is 3.32. The van der Waals surface area contributed by atoms with Crippen LogP contribution in [0.5, 0.6) is 0 Å². The Balaban J connectivity index is 0.000000972. The Morgan fingerprint density at radius 3 is 1.93 bits per heavy atom. The van der Waals surface area contributed by atoms with Crippen molar-refractivity contribution >= 4 is 18.0 Å². The molecule has 8 heteroatoms. The van der Waals surface area contributed by atoms with Gasteiger partial charge in [-0.15, -0.1) is 0 Å². The SMILES string of the molecule is CC(C)(C)CC(C)(C)NC(=O)OCCCN1CCCCC1.O=C(O)C(=O)O. The number of amides is 1. The van der Waals surface area contributed by atoms with Crippen molar-refractivity contribution in [1.82, 2.24) is 10.2 Å². The van der Waals surface area contributed by atoms with Crippen LogP contribution in [0.25, 0.3) is 0 Å². The maximum absolute atomic E-state index is 11.8. The van der Waals surface area contributed by atoms with Crippen LogP contribution in [-0.2, 0) is 14.3 Å². The highest BCUT2D eigenvalue weighted by Gasteiger charge is 2.27. The van der Waals surface area contributed by atoms with E-state index in [0.717, 1.165) is 19.4 Å². The van der Waals surface area contributed by atoms with Crippen LogP contribution in [-0.4, -0.2) is 64.9 Å². The van der Waals surface area contributed by atoms with Gasteiger partial charge >= 0.3 is 18.0 Å². The number of aliphatic carboxylic acids is 2. The third-order valence-corrected chi connectivity index (χ3v) is 3.90.